The van der Waals surface area contributed by atoms with Crippen molar-refractivity contribution in [3.05, 3.63) is 43.1 Å². The van der Waals surface area contributed by atoms with E-state index in [9.17, 15) is 9.50 Å². The zero-order chi connectivity index (χ0) is 20.7. The summed E-state index contributed by atoms with van der Waals surface area (Å²) in [7, 11) is 1.83. The third-order valence-electron chi connectivity index (χ3n) is 6.22. The smallest absolute Gasteiger partial charge is 0.245 e. The molecule has 0 radical (unpaired) electrons. The summed E-state index contributed by atoms with van der Waals surface area (Å²) in [5.74, 6) is 0.467. The van der Waals surface area contributed by atoms with Crippen LogP contribution < -0.4 is 10.2 Å². The summed E-state index contributed by atoms with van der Waals surface area (Å²) in [4.78, 5) is 10.2. The van der Waals surface area contributed by atoms with Gasteiger partial charge in [0.05, 0.1) is 24.3 Å². The maximum absolute atomic E-state index is 15.0. The predicted molar refractivity (Wildman–Crippen MR) is 110 cm³/mol. The van der Waals surface area contributed by atoms with Crippen LogP contribution in [0.25, 0.3) is 16.9 Å². The average Bonchev–Trinajstić information content (AvgIpc) is 3.31. The molecule has 2 aliphatic rings. The summed E-state index contributed by atoms with van der Waals surface area (Å²) < 4.78 is 16.8. The van der Waals surface area contributed by atoms with Crippen molar-refractivity contribution in [3.63, 3.8) is 0 Å². The van der Waals surface area contributed by atoms with Gasteiger partial charge in [-0.2, -0.15) is 0 Å². The van der Waals surface area contributed by atoms with Gasteiger partial charge in [0.25, 0.3) is 0 Å². The quantitative estimate of drug-likeness (QED) is 0.684. The maximum Gasteiger partial charge on any atom is 0.245 e. The molecule has 30 heavy (non-hydrogen) atoms. The molecule has 2 N–H and O–H groups in total. The van der Waals surface area contributed by atoms with E-state index in [1.54, 1.807) is 46.5 Å². The molecule has 2 saturated heterocycles. The van der Waals surface area contributed by atoms with Crippen LogP contribution in [0, 0.1) is 0 Å². The molecule has 2 aromatic heterocycles. The van der Waals surface area contributed by atoms with Crippen molar-refractivity contribution in [2.45, 2.75) is 50.0 Å². The summed E-state index contributed by atoms with van der Waals surface area (Å²) in [5.41, 5.74) is 1.78. The Hall–Kier alpha value is -3.07. The van der Waals surface area contributed by atoms with Gasteiger partial charge in [-0.3, -0.25) is 0 Å². The fourth-order valence-corrected chi connectivity index (χ4v) is 4.56. The standard InChI is InChI=1S/C21H24FN7O/c1-28(18-9-13-3-2-4-16(25-13)20(18)22)21-24-11-17(26-27-21)15-6-5-14(10-19(15)30)29-8-7-23-12-29/h5-8,10-13,16,18,20,25,30H,2-4,9H2,1H3/t13?,16?,18-,20+/m1/s1. The molecule has 4 atom stereocenters. The highest BCUT2D eigenvalue weighted by atomic mass is 19.1. The first-order chi connectivity index (χ1) is 14.6. The molecule has 0 spiro atoms. The van der Waals surface area contributed by atoms with Gasteiger partial charge < -0.3 is 19.9 Å². The Kier molecular flexibility index (Phi) is 4.82. The second-order valence-corrected chi connectivity index (χ2v) is 8.07. The van der Waals surface area contributed by atoms with Crippen LogP contribution in [0.4, 0.5) is 10.3 Å². The number of fused-ring (bicyclic) bond motifs is 2. The largest absolute Gasteiger partial charge is 0.507 e. The minimum absolute atomic E-state index is 0.0772. The zero-order valence-electron chi connectivity index (χ0n) is 16.7. The van der Waals surface area contributed by atoms with Crippen molar-refractivity contribution in [3.8, 4) is 22.7 Å². The van der Waals surface area contributed by atoms with Crippen LogP contribution in [0.3, 0.4) is 0 Å². The van der Waals surface area contributed by atoms with E-state index < -0.39 is 6.17 Å². The number of aromatic hydroxyl groups is 1. The van der Waals surface area contributed by atoms with Gasteiger partial charge in [0, 0.05) is 43.2 Å². The molecule has 8 nitrogen and oxygen atoms in total. The summed E-state index contributed by atoms with van der Waals surface area (Å²) in [6.07, 6.45) is 9.50. The number of anilines is 1. The van der Waals surface area contributed by atoms with E-state index in [0.717, 1.165) is 31.4 Å². The van der Waals surface area contributed by atoms with Crippen molar-refractivity contribution in [1.29, 1.82) is 0 Å². The van der Waals surface area contributed by atoms with Gasteiger partial charge >= 0.3 is 0 Å². The van der Waals surface area contributed by atoms with Gasteiger partial charge in [-0.15, -0.1) is 10.2 Å². The molecule has 2 aliphatic heterocycles. The molecule has 3 aromatic rings. The van der Waals surface area contributed by atoms with E-state index in [2.05, 4.69) is 25.5 Å². The van der Waals surface area contributed by atoms with Crippen molar-refractivity contribution in [1.82, 2.24) is 30.0 Å². The maximum atomic E-state index is 15.0. The minimum atomic E-state index is -0.963. The first kappa shape index (κ1) is 18.9. The number of nitrogens with zero attached hydrogens (tertiary/aromatic N) is 6. The van der Waals surface area contributed by atoms with Crippen molar-refractivity contribution in [2.75, 3.05) is 11.9 Å². The van der Waals surface area contributed by atoms with Crippen LogP contribution >= 0.6 is 0 Å². The normalized spacial score (nSPS) is 25.8. The summed E-state index contributed by atoms with van der Waals surface area (Å²) in [6, 6.07) is 5.26. The molecular weight excluding hydrogens is 385 g/mol. The molecular formula is C21H24FN7O. The lowest BCUT2D eigenvalue weighted by Gasteiger charge is -2.45. The van der Waals surface area contributed by atoms with Crippen molar-refractivity contribution >= 4 is 5.95 Å². The molecule has 2 fully saturated rings. The zero-order valence-corrected chi connectivity index (χ0v) is 16.7. The third kappa shape index (κ3) is 3.39. The molecule has 2 bridgehead atoms. The SMILES string of the molecule is CN(c1ncc(-c2ccc(-n3ccnc3)cc2O)nn1)[C@@H]1CC2CCCC(N2)[C@@H]1F. The second kappa shape index (κ2) is 7.64. The van der Waals surface area contributed by atoms with Crippen molar-refractivity contribution < 1.29 is 9.50 Å². The lowest BCUT2D eigenvalue weighted by atomic mass is 9.82. The van der Waals surface area contributed by atoms with E-state index in [1.807, 2.05) is 13.1 Å². The van der Waals surface area contributed by atoms with Gasteiger partial charge in [-0.1, -0.05) is 6.42 Å². The lowest BCUT2D eigenvalue weighted by Crippen LogP contribution is -2.61. The second-order valence-electron chi connectivity index (χ2n) is 8.07. The monoisotopic (exact) mass is 409 g/mol. The highest BCUT2D eigenvalue weighted by Gasteiger charge is 2.42. The number of benzene rings is 1. The van der Waals surface area contributed by atoms with Gasteiger partial charge in [0.2, 0.25) is 5.95 Å². The highest BCUT2D eigenvalue weighted by molar-refractivity contribution is 5.68. The van der Waals surface area contributed by atoms with Crippen LogP contribution in [-0.2, 0) is 0 Å². The number of phenols is 1. The van der Waals surface area contributed by atoms with Crippen LogP contribution in [0.2, 0.25) is 0 Å². The number of piperidine rings is 2. The number of imidazole rings is 1. The van der Waals surface area contributed by atoms with Crippen LogP contribution in [0.15, 0.2) is 43.1 Å². The number of aromatic nitrogens is 5. The number of nitrogens with one attached hydrogen (secondary N) is 1. The minimum Gasteiger partial charge on any atom is -0.507 e. The number of phenolic OH excluding ortho intramolecular Hbond substituents is 1. The highest BCUT2D eigenvalue weighted by Crippen LogP contribution is 2.32. The van der Waals surface area contributed by atoms with Crippen molar-refractivity contribution in [2.24, 2.45) is 0 Å². The number of hydrogen-bond acceptors (Lipinski definition) is 7. The lowest BCUT2D eigenvalue weighted by molar-refractivity contribution is 0.106. The number of halogens is 1. The van der Waals surface area contributed by atoms with E-state index in [0.29, 0.717) is 23.2 Å². The summed E-state index contributed by atoms with van der Waals surface area (Å²) in [6.45, 7) is 0. The molecule has 1 aromatic carbocycles. The Bertz CT molecular complexity index is 1010. The Morgan fingerprint density at radius 1 is 1.27 bits per heavy atom. The third-order valence-corrected chi connectivity index (χ3v) is 6.22. The fourth-order valence-electron chi connectivity index (χ4n) is 4.56. The van der Waals surface area contributed by atoms with Gasteiger partial charge in [-0.25, -0.2) is 14.4 Å². The topological polar surface area (TPSA) is 92.0 Å². The van der Waals surface area contributed by atoms with E-state index in [4.69, 9.17) is 0 Å². The Morgan fingerprint density at radius 2 is 2.17 bits per heavy atom. The van der Waals surface area contributed by atoms with E-state index in [1.165, 1.54) is 0 Å². The molecule has 5 rings (SSSR count). The molecule has 2 unspecified atom stereocenters. The molecule has 0 saturated carbocycles. The summed E-state index contributed by atoms with van der Waals surface area (Å²) >= 11 is 0. The van der Waals surface area contributed by atoms with E-state index in [-0.39, 0.29) is 17.8 Å². The number of hydrogen-bond donors (Lipinski definition) is 2. The molecule has 9 heteroatoms. The van der Waals surface area contributed by atoms with E-state index >= 15 is 0 Å². The van der Waals surface area contributed by atoms with Gasteiger partial charge in [0.15, 0.2) is 0 Å². The summed E-state index contributed by atoms with van der Waals surface area (Å²) in [5, 5.41) is 22.3. The van der Waals surface area contributed by atoms with Gasteiger partial charge in [-0.05, 0) is 31.4 Å². The Balaban J connectivity index is 1.35. The van der Waals surface area contributed by atoms with Crippen LogP contribution in [0.5, 0.6) is 5.75 Å². The van der Waals surface area contributed by atoms with Crippen LogP contribution in [0.1, 0.15) is 25.7 Å². The van der Waals surface area contributed by atoms with Crippen LogP contribution in [-0.4, -0.2) is 61.2 Å². The molecule has 0 amide bonds. The molecule has 4 heterocycles. The average molecular weight is 409 g/mol. The van der Waals surface area contributed by atoms with Gasteiger partial charge in [0.1, 0.15) is 17.6 Å². The first-order valence-corrected chi connectivity index (χ1v) is 10.2. The first-order valence-electron chi connectivity index (χ1n) is 10.2. The Labute approximate surface area is 173 Å². The Morgan fingerprint density at radius 3 is 2.90 bits per heavy atom. The number of alkyl halides is 1. The predicted octanol–water partition coefficient (Wildman–Crippen LogP) is 2.49. The molecule has 0 aliphatic carbocycles. The fraction of sp³-hybridized carbons (Fsp3) is 0.429. The number of rotatable bonds is 4. The molecule has 156 valence electrons.